The summed E-state index contributed by atoms with van der Waals surface area (Å²) in [4.78, 5) is 12.8. The number of thioether (sulfide) groups is 1. The quantitative estimate of drug-likeness (QED) is 0.382. The van der Waals surface area contributed by atoms with Gasteiger partial charge < -0.3 is 4.74 Å². The van der Waals surface area contributed by atoms with Crippen molar-refractivity contribution in [1.82, 2.24) is 20.2 Å². The van der Waals surface area contributed by atoms with Crippen LogP contribution >= 0.6 is 35.0 Å². The van der Waals surface area contributed by atoms with Gasteiger partial charge in [-0.1, -0.05) is 48.2 Å². The van der Waals surface area contributed by atoms with Crippen LogP contribution in [0, 0.1) is 5.82 Å². The second-order valence-electron chi connectivity index (χ2n) is 8.76. The Kier molecular flexibility index (Phi) is 7.86. The maximum Gasteiger partial charge on any atom is 0.428 e. The van der Waals surface area contributed by atoms with E-state index in [-0.39, 0.29) is 11.7 Å². The zero-order chi connectivity index (χ0) is 25.1. The Morgan fingerprint density at radius 3 is 2.53 bits per heavy atom. The van der Waals surface area contributed by atoms with Gasteiger partial charge in [-0.15, -0.1) is 5.10 Å². The number of halogens is 3. The lowest BCUT2D eigenvalue weighted by molar-refractivity contribution is 0.145. The van der Waals surface area contributed by atoms with Crippen LogP contribution in [-0.2, 0) is 5.75 Å². The van der Waals surface area contributed by atoms with E-state index in [1.807, 2.05) is 11.1 Å². The van der Waals surface area contributed by atoms with E-state index in [0.29, 0.717) is 27.2 Å². The SMILES string of the molecule is O=C(NN1CCCCCC1)Oc1nn(-c2ccc(Cl)cc2Cl)c2c1CSC/C2=C\c1ccc(F)cc1. The van der Waals surface area contributed by atoms with Gasteiger partial charge >= 0.3 is 6.09 Å². The van der Waals surface area contributed by atoms with Crippen LogP contribution < -0.4 is 10.2 Å². The Bertz CT molecular complexity index is 1290. The van der Waals surface area contributed by atoms with Gasteiger partial charge in [0.05, 0.1) is 22.0 Å². The molecule has 5 rings (SSSR count). The van der Waals surface area contributed by atoms with Gasteiger partial charge in [-0.3, -0.25) is 5.43 Å². The van der Waals surface area contributed by atoms with Crippen LogP contribution in [0.5, 0.6) is 5.88 Å². The van der Waals surface area contributed by atoms with Crippen LogP contribution in [0.3, 0.4) is 0 Å². The smallest absolute Gasteiger partial charge is 0.388 e. The maximum absolute atomic E-state index is 13.5. The van der Waals surface area contributed by atoms with Gasteiger partial charge in [-0.05, 0) is 60.4 Å². The fourth-order valence-electron chi connectivity index (χ4n) is 4.42. The number of ether oxygens (including phenoxy) is 1. The minimum absolute atomic E-state index is 0.237. The maximum atomic E-state index is 13.5. The monoisotopic (exact) mass is 546 g/mol. The molecule has 10 heteroatoms. The normalized spacial score (nSPS) is 17.5. The third kappa shape index (κ3) is 5.72. The molecule has 0 radical (unpaired) electrons. The number of benzene rings is 2. The molecule has 0 saturated carbocycles. The molecule has 2 aromatic carbocycles. The highest BCUT2D eigenvalue weighted by atomic mass is 35.5. The summed E-state index contributed by atoms with van der Waals surface area (Å²) in [6.45, 7) is 1.59. The molecule has 0 spiro atoms. The molecule has 188 valence electrons. The molecule has 3 heterocycles. The Morgan fingerprint density at radius 1 is 1.06 bits per heavy atom. The molecule has 1 amide bonds. The summed E-state index contributed by atoms with van der Waals surface area (Å²) in [6, 6.07) is 11.5. The van der Waals surface area contributed by atoms with Crippen molar-refractivity contribution in [3.8, 4) is 11.6 Å². The predicted octanol–water partition coefficient (Wildman–Crippen LogP) is 6.99. The van der Waals surface area contributed by atoms with E-state index in [2.05, 4.69) is 10.5 Å². The molecule has 0 unspecified atom stereocenters. The molecular weight excluding hydrogens is 522 g/mol. The van der Waals surface area contributed by atoms with Crippen molar-refractivity contribution in [2.75, 3.05) is 18.8 Å². The number of carbonyl (C=O) groups is 1. The van der Waals surface area contributed by atoms with Crippen molar-refractivity contribution in [2.24, 2.45) is 0 Å². The number of nitrogens with one attached hydrogen (secondary N) is 1. The van der Waals surface area contributed by atoms with Gasteiger partial charge in [0, 0.05) is 29.6 Å². The summed E-state index contributed by atoms with van der Waals surface area (Å²) in [5.41, 5.74) is 6.92. The number of hydrogen-bond donors (Lipinski definition) is 1. The Balaban J connectivity index is 1.52. The zero-order valence-electron chi connectivity index (χ0n) is 19.5. The summed E-state index contributed by atoms with van der Waals surface area (Å²) in [5, 5.41) is 7.52. The van der Waals surface area contributed by atoms with E-state index in [9.17, 15) is 9.18 Å². The molecule has 6 nitrogen and oxygen atoms in total. The van der Waals surface area contributed by atoms with Crippen LogP contribution in [0.2, 0.25) is 10.0 Å². The number of hydrazine groups is 1. The van der Waals surface area contributed by atoms with Crippen molar-refractivity contribution in [2.45, 2.75) is 31.4 Å². The fourth-order valence-corrected chi connectivity index (χ4v) is 5.92. The molecule has 2 aliphatic rings. The molecular formula is C26H25Cl2FN4O2S. The summed E-state index contributed by atoms with van der Waals surface area (Å²) in [5.74, 6) is 1.27. The molecule has 0 atom stereocenters. The van der Waals surface area contributed by atoms with E-state index in [1.165, 1.54) is 12.1 Å². The zero-order valence-corrected chi connectivity index (χ0v) is 21.8. The summed E-state index contributed by atoms with van der Waals surface area (Å²) in [7, 11) is 0. The lowest BCUT2D eigenvalue weighted by atomic mass is 10.1. The van der Waals surface area contributed by atoms with Crippen molar-refractivity contribution in [3.05, 3.63) is 75.1 Å². The number of amides is 1. The molecule has 0 bridgehead atoms. The average Bonchev–Trinajstić information content (AvgIpc) is 3.02. The van der Waals surface area contributed by atoms with E-state index < -0.39 is 6.09 Å². The highest BCUT2D eigenvalue weighted by Crippen LogP contribution is 2.41. The molecule has 1 aromatic heterocycles. The first-order valence-electron chi connectivity index (χ1n) is 11.8. The third-order valence-corrected chi connectivity index (χ3v) is 7.69. The molecule has 36 heavy (non-hydrogen) atoms. The van der Waals surface area contributed by atoms with Gasteiger partial charge in [-0.25, -0.2) is 18.9 Å². The van der Waals surface area contributed by atoms with Crippen LogP contribution in [0.25, 0.3) is 17.3 Å². The lowest BCUT2D eigenvalue weighted by Gasteiger charge is -2.20. The van der Waals surface area contributed by atoms with Gasteiger partial charge in [0.2, 0.25) is 5.88 Å². The number of fused-ring (bicyclic) bond motifs is 1. The van der Waals surface area contributed by atoms with E-state index in [4.69, 9.17) is 27.9 Å². The highest BCUT2D eigenvalue weighted by molar-refractivity contribution is 7.99. The van der Waals surface area contributed by atoms with Crippen LogP contribution in [-0.4, -0.2) is 39.7 Å². The standard InChI is InChI=1S/C26H25Cl2FN4O2S/c27-19-7-10-23(22(28)14-19)33-24-18(13-17-5-8-20(29)9-6-17)15-36-16-21(24)25(30-33)35-26(34)31-32-11-3-1-2-4-12-32/h5-10,13-14H,1-4,11-12,15-16H2,(H,31,34)/b18-13+. The van der Waals surface area contributed by atoms with E-state index in [1.54, 1.807) is 46.8 Å². The number of aromatic nitrogens is 2. The highest BCUT2D eigenvalue weighted by Gasteiger charge is 2.29. The molecule has 0 aliphatic carbocycles. The summed E-state index contributed by atoms with van der Waals surface area (Å²) in [6.07, 6.45) is 5.82. The predicted molar refractivity (Wildman–Crippen MR) is 143 cm³/mol. The second kappa shape index (κ2) is 11.3. The summed E-state index contributed by atoms with van der Waals surface area (Å²) < 4.78 is 20.9. The van der Waals surface area contributed by atoms with E-state index >= 15 is 0 Å². The van der Waals surface area contributed by atoms with Crippen LogP contribution in [0.15, 0.2) is 42.5 Å². The average molecular weight is 547 g/mol. The van der Waals surface area contributed by atoms with E-state index in [0.717, 1.165) is 61.2 Å². The number of nitrogens with zero attached hydrogens (tertiary/aromatic N) is 3. The first kappa shape index (κ1) is 25.1. The van der Waals surface area contributed by atoms with Crippen molar-refractivity contribution < 1.29 is 13.9 Å². The third-order valence-electron chi connectivity index (χ3n) is 6.15. The first-order valence-corrected chi connectivity index (χ1v) is 13.7. The number of hydrogen-bond acceptors (Lipinski definition) is 5. The molecule has 2 aliphatic heterocycles. The van der Waals surface area contributed by atoms with Gasteiger partial charge in [-0.2, -0.15) is 11.8 Å². The molecule has 1 fully saturated rings. The van der Waals surface area contributed by atoms with Crippen molar-refractivity contribution in [1.29, 1.82) is 0 Å². The minimum atomic E-state index is -0.564. The van der Waals surface area contributed by atoms with Gasteiger partial charge in [0.1, 0.15) is 5.82 Å². The minimum Gasteiger partial charge on any atom is -0.388 e. The molecule has 3 aromatic rings. The van der Waals surface area contributed by atoms with Crippen molar-refractivity contribution >= 4 is 52.7 Å². The van der Waals surface area contributed by atoms with Crippen LogP contribution in [0.1, 0.15) is 42.5 Å². The first-order chi connectivity index (χ1) is 17.5. The Labute approximate surface area is 223 Å². The summed E-state index contributed by atoms with van der Waals surface area (Å²) >= 11 is 14.4. The van der Waals surface area contributed by atoms with Crippen LogP contribution in [0.4, 0.5) is 9.18 Å². The fraction of sp³-hybridized carbons (Fsp3) is 0.308. The molecule has 1 N–H and O–H groups in total. The topological polar surface area (TPSA) is 59.4 Å². The largest absolute Gasteiger partial charge is 0.428 e. The van der Waals surface area contributed by atoms with Gasteiger partial charge in [0.15, 0.2) is 0 Å². The Morgan fingerprint density at radius 2 is 1.81 bits per heavy atom. The van der Waals surface area contributed by atoms with Crippen molar-refractivity contribution in [3.63, 3.8) is 0 Å². The number of rotatable bonds is 4. The Hall–Kier alpha value is -2.52. The number of carbonyl (C=O) groups excluding carboxylic acids is 1. The second-order valence-corrected chi connectivity index (χ2v) is 10.6. The van der Waals surface area contributed by atoms with Gasteiger partial charge in [0.25, 0.3) is 0 Å². The molecule has 1 saturated heterocycles. The lowest BCUT2D eigenvalue weighted by Crippen LogP contribution is -2.44.